The molecular weight excluding hydrogens is 386 g/mol. The standard InChI is InChI=1S/C18H12BrN3OS/c1-11-6-2-4-8-13(11)16-20-18-22(21-16)17(23)15(24-18)10-12-7-3-5-9-14(12)19/h2-10H,1H3/b15-10-. The number of aromatic nitrogens is 3. The first-order chi connectivity index (χ1) is 11.6. The molecule has 24 heavy (non-hydrogen) atoms. The summed E-state index contributed by atoms with van der Waals surface area (Å²) in [6, 6.07) is 15.7. The smallest absolute Gasteiger partial charge is 0.266 e. The minimum Gasteiger partial charge on any atom is -0.266 e. The van der Waals surface area contributed by atoms with Crippen LogP contribution < -0.4 is 10.1 Å². The summed E-state index contributed by atoms with van der Waals surface area (Å²) < 4.78 is 2.95. The van der Waals surface area contributed by atoms with Crippen LogP contribution in [0, 0.1) is 6.92 Å². The Morgan fingerprint density at radius 1 is 1.12 bits per heavy atom. The first-order valence-electron chi connectivity index (χ1n) is 7.35. The average molecular weight is 398 g/mol. The van der Waals surface area contributed by atoms with Gasteiger partial charge in [0.15, 0.2) is 5.82 Å². The molecule has 6 heteroatoms. The van der Waals surface area contributed by atoms with Gasteiger partial charge in [-0.3, -0.25) is 4.79 Å². The van der Waals surface area contributed by atoms with E-state index in [4.69, 9.17) is 0 Å². The molecule has 0 saturated heterocycles. The van der Waals surface area contributed by atoms with E-state index in [0.29, 0.717) is 15.3 Å². The maximum atomic E-state index is 12.6. The van der Waals surface area contributed by atoms with Gasteiger partial charge < -0.3 is 0 Å². The van der Waals surface area contributed by atoms with Gasteiger partial charge in [-0.05, 0) is 30.2 Å². The summed E-state index contributed by atoms with van der Waals surface area (Å²) in [4.78, 5) is 17.7. The Bertz CT molecular complexity index is 1160. The van der Waals surface area contributed by atoms with Gasteiger partial charge in [-0.2, -0.15) is 9.50 Å². The molecule has 0 bridgehead atoms. The van der Waals surface area contributed by atoms with Crippen LogP contribution >= 0.6 is 27.3 Å². The number of nitrogens with zero attached hydrogens (tertiary/aromatic N) is 3. The fraction of sp³-hybridized carbons (Fsp3) is 0.0556. The van der Waals surface area contributed by atoms with E-state index in [2.05, 4.69) is 26.0 Å². The third kappa shape index (κ3) is 2.57. The fourth-order valence-corrected chi connectivity index (χ4v) is 3.80. The number of halogens is 1. The summed E-state index contributed by atoms with van der Waals surface area (Å²) in [6.07, 6.45) is 1.86. The van der Waals surface area contributed by atoms with Crippen molar-refractivity contribution in [1.29, 1.82) is 0 Å². The van der Waals surface area contributed by atoms with Crippen molar-refractivity contribution in [1.82, 2.24) is 14.6 Å². The lowest BCUT2D eigenvalue weighted by Crippen LogP contribution is -2.23. The normalized spacial score (nSPS) is 12.2. The van der Waals surface area contributed by atoms with E-state index in [1.807, 2.05) is 61.5 Å². The molecule has 2 aromatic carbocycles. The van der Waals surface area contributed by atoms with Gasteiger partial charge in [-0.1, -0.05) is 69.7 Å². The van der Waals surface area contributed by atoms with Crippen molar-refractivity contribution in [2.75, 3.05) is 0 Å². The van der Waals surface area contributed by atoms with Gasteiger partial charge in [0.25, 0.3) is 5.56 Å². The quantitative estimate of drug-likeness (QED) is 0.520. The molecule has 0 N–H and O–H groups in total. The van der Waals surface area contributed by atoms with Crippen molar-refractivity contribution in [2.24, 2.45) is 0 Å². The number of fused-ring (bicyclic) bond motifs is 1. The van der Waals surface area contributed by atoms with Crippen LogP contribution in [0.25, 0.3) is 22.4 Å². The highest BCUT2D eigenvalue weighted by Crippen LogP contribution is 2.20. The molecule has 0 aliphatic rings. The van der Waals surface area contributed by atoms with Crippen molar-refractivity contribution < 1.29 is 0 Å². The number of hydrogen-bond donors (Lipinski definition) is 0. The van der Waals surface area contributed by atoms with Gasteiger partial charge in [-0.15, -0.1) is 5.10 Å². The maximum Gasteiger partial charge on any atom is 0.291 e. The predicted octanol–water partition coefficient (Wildman–Crippen LogP) is 3.44. The summed E-state index contributed by atoms with van der Waals surface area (Å²) in [5.74, 6) is 0.587. The molecule has 4 nitrogen and oxygen atoms in total. The largest absolute Gasteiger partial charge is 0.291 e. The fourth-order valence-electron chi connectivity index (χ4n) is 2.50. The van der Waals surface area contributed by atoms with Crippen molar-refractivity contribution in [2.45, 2.75) is 6.92 Å². The van der Waals surface area contributed by atoms with E-state index in [9.17, 15) is 4.79 Å². The number of hydrogen-bond acceptors (Lipinski definition) is 4. The zero-order valence-electron chi connectivity index (χ0n) is 12.7. The van der Waals surface area contributed by atoms with Crippen molar-refractivity contribution in [3.63, 3.8) is 0 Å². The topological polar surface area (TPSA) is 47.3 Å². The van der Waals surface area contributed by atoms with E-state index >= 15 is 0 Å². The highest BCUT2D eigenvalue weighted by molar-refractivity contribution is 9.10. The van der Waals surface area contributed by atoms with E-state index in [1.165, 1.54) is 15.9 Å². The Kier molecular flexibility index (Phi) is 3.78. The van der Waals surface area contributed by atoms with Gasteiger partial charge in [-0.25, -0.2) is 0 Å². The lowest BCUT2D eigenvalue weighted by atomic mass is 10.1. The minimum atomic E-state index is -0.141. The summed E-state index contributed by atoms with van der Waals surface area (Å²) >= 11 is 4.85. The zero-order chi connectivity index (χ0) is 16.7. The van der Waals surface area contributed by atoms with Gasteiger partial charge in [0, 0.05) is 10.0 Å². The Morgan fingerprint density at radius 2 is 1.88 bits per heavy atom. The second-order valence-corrected chi connectivity index (χ2v) is 7.25. The van der Waals surface area contributed by atoms with Gasteiger partial charge >= 0.3 is 0 Å². The second-order valence-electron chi connectivity index (χ2n) is 5.38. The SMILES string of the molecule is Cc1ccccc1-c1nc2s/c(=C\c3ccccc3Br)c(=O)n2n1. The number of benzene rings is 2. The van der Waals surface area contributed by atoms with Crippen molar-refractivity contribution in [3.05, 3.63) is 79.0 Å². The molecule has 0 radical (unpaired) electrons. The molecule has 4 rings (SSSR count). The molecule has 0 unspecified atom stereocenters. The lowest BCUT2D eigenvalue weighted by Gasteiger charge is -1.98. The Morgan fingerprint density at radius 3 is 2.62 bits per heavy atom. The monoisotopic (exact) mass is 397 g/mol. The minimum absolute atomic E-state index is 0.141. The number of rotatable bonds is 2. The average Bonchev–Trinajstić information content (AvgIpc) is 3.10. The van der Waals surface area contributed by atoms with E-state index < -0.39 is 0 Å². The lowest BCUT2D eigenvalue weighted by molar-refractivity contribution is 0.936. The summed E-state index contributed by atoms with van der Waals surface area (Å²) in [7, 11) is 0. The molecule has 0 atom stereocenters. The molecule has 2 aromatic heterocycles. The highest BCUT2D eigenvalue weighted by atomic mass is 79.9. The molecule has 0 saturated carbocycles. The van der Waals surface area contributed by atoms with Crippen LogP contribution in [0.2, 0.25) is 0 Å². The molecule has 2 heterocycles. The maximum absolute atomic E-state index is 12.6. The predicted molar refractivity (Wildman–Crippen MR) is 100 cm³/mol. The van der Waals surface area contributed by atoms with Gasteiger partial charge in [0.2, 0.25) is 4.96 Å². The molecule has 0 aliphatic heterocycles. The Hall–Kier alpha value is -2.31. The number of thiazole rings is 1. The van der Waals surface area contributed by atoms with Gasteiger partial charge in [0.05, 0.1) is 4.53 Å². The molecule has 0 aliphatic carbocycles. The molecular formula is C18H12BrN3OS. The highest BCUT2D eigenvalue weighted by Gasteiger charge is 2.13. The first kappa shape index (κ1) is 15.2. The second kappa shape index (κ2) is 5.96. The van der Waals surface area contributed by atoms with Crippen LogP contribution in [0.5, 0.6) is 0 Å². The summed E-state index contributed by atoms with van der Waals surface area (Å²) in [5, 5.41) is 4.40. The molecule has 0 amide bonds. The molecule has 0 spiro atoms. The van der Waals surface area contributed by atoms with Crippen LogP contribution in [0.3, 0.4) is 0 Å². The van der Waals surface area contributed by atoms with Crippen LogP contribution in [0.1, 0.15) is 11.1 Å². The van der Waals surface area contributed by atoms with Gasteiger partial charge in [0.1, 0.15) is 0 Å². The Labute approximate surface area is 150 Å². The van der Waals surface area contributed by atoms with Crippen molar-refractivity contribution in [3.8, 4) is 11.4 Å². The first-order valence-corrected chi connectivity index (χ1v) is 8.96. The Balaban J connectivity index is 1.87. The summed E-state index contributed by atoms with van der Waals surface area (Å²) in [5.41, 5.74) is 2.85. The number of aryl methyl sites for hydroxylation is 1. The molecule has 0 fully saturated rings. The van der Waals surface area contributed by atoms with Crippen LogP contribution in [0.4, 0.5) is 0 Å². The van der Waals surface area contributed by atoms with E-state index in [0.717, 1.165) is 21.2 Å². The van der Waals surface area contributed by atoms with Crippen LogP contribution in [-0.2, 0) is 0 Å². The zero-order valence-corrected chi connectivity index (χ0v) is 15.1. The third-order valence-electron chi connectivity index (χ3n) is 3.76. The third-order valence-corrected chi connectivity index (χ3v) is 5.44. The van der Waals surface area contributed by atoms with Crippen molar-refractivity contribution >= 4 is 38.3 Å². The summed E-state index contributed by atoms with van der Waals surface area (Å²) in [6.45, 7) is 2.01. The molecule has 118 valence electrons. The van der Waals surface area contributed by atoms with E-state index in [1.54, 1.807) is 0 Å². The van der Waals surface area contributed by atoms with E-state index in [-0.39, 0.29) is 5.56 Å². The van der Waals surface area contributed by atoms with Crippen LogP contribution in [0.15, 0.2) is 57.8 Å². The molecule has 4 aromatic rings. The van der Waals surface area contributed by atoms with Crippen LogP contribution in [-0.4, -0.2) is 14.6 Å².